The third kappa shape index (κ3) is 2.29. The van der Waals surface area contributed by atoms with Crippen LogP contribution in [0.5, 0.6) is 5.75 Å². The Kier molecular flexibility index (Phi) is 3.40. The second-order valence-corrected chi connectivity index (χ2v) is 6.60. The van der Waals surface area contributed by atoms with Crippen LogP contribution in [-0.2, 0) is 4.79 Å². The summed E-state index contributed by atoms with van der Waals surface area (Å²) in [5.74, 6) is 0.975. The van der Waals surface area contributed by atoms with Gasteiger partial charge in [-0.3, -0.25) is 14.4 Å². The molecule has 6 nitrogen and oxygen atoms in total. The zero-order chi connectivity index (χ0) is 16.8. The quantitative estimate of drug-likeness (QED) is 0.847. The molecule has 124 valence electrons. The van der Waals surface area contributed by atoms with E-state index in [-0.39, 0.29) is 12.5 Å². The molecule has 1 saturated heterocycles. The molecule has 24 heavy (non-hydrogen) atoms. The molecule has 1 amide bonds. The van der Waals surface area contributed by atoms with Crippen LogP contribution >= 0.6 is 0 Å². The van der Waals surface area contributed by atoms with Crippen LogP contribution in [0.4, 0.5) is 11.4 Å². The summed E-state index contributed by atoms with van der Waals surface area (Å²) in [4.78, 5) is 37.6. The minimum atomic E-state index is -0.441. The molecular weight excluding hydrogens is 308 g/mol. The van der Waals surface area contributed by atoms with Gasteiger partial charge < -0.3 is 15.0 Å². The molecule has 6 heteroatoms. The molecule has 0 aliphatic carbocycles. The number of carbonyl (C=O) groups is 1. The third-order valence-electron chi connectivity index (χ3n) is 4.89. The summed E-state index contributed by atoms with van der Waals surface area (Å²) in [6, 6.07) is 5.18. The fourth-order valence-corrected chi connectivity index (χ4v) is 3.41. The molecule has 2 aromatic rings. The van der Waals surface area contributed by atoms with Gasteiger partial charge in [0.2, 0.25) is 10.9 Å². The molecule has 1 N–H and O–H groups in total. The lowest BCUT2D eigenvalue weighted by atomic mass is 9.93. The average Bonchev–Trinajstić information content (AvgIpc) is 2.59. The van der Waals surface area contributed by atoms with Crippen LogP contribution in [0.25, 0.3) is 11.1 Å². The summed E-state index contributed by atoms with van der Waals surface area (Å²) in [7, 11) is 0. The maximum Gasteiger partial charge on any atom is 0.262 e. The van der Waals surface area contributed by atoms with Crippen molar-refractivity contribution in [3.63, 3.8) is 0 Å². The van der Waals surface area contributed by atoms with Crippen molar-refractivity contribution >= 4 is 17.3 Å². The van der Waals surface area contributed by atoms with Crippen molar-refractivity contribution in [1.82, 2.24) is 0 Å². The minimum Gasteiger partial charge on any atom is -0.482 e. The zero-order valence-electron chi connectivity index (χ0n) is 13.4. The molecule has 0 saturated carbocycles. The maximum atomic E-state index is 12.2. The van der Waals surface area contributed by atoms with E-state index in [1.54, 1.807) is 18.2 Å². The fraction of sp³-hybridized carbons (Fsp3) is 0.389. The average molecular weight is 326 g/mol. The van der Waals surface area contributed by atoms with Gasteiger partial charge in [0.1, 0.15) is 11.4 Å². The van der Waals surface area contributed by atoms with Gasteiger partial charge in [-0.25, -0.2) is 0 Å². The van der Waals surface area contributed by atoms with E-state index < -0.39 is 10.9 Å². The molecule has 0 radical (unpaired) electrons. The standard InChI is InChI=1S/C18H18N2O4/c1-10-4-6-20(7-5-10)16-15(17(22)18(16)23)11-2-3-12-13(8-11)24-9-14(21)19-12/h2-3,8,10H,4-7,9H2,1H3,(H,19,21). The number of rotatable bonds is 2. The van der Waals surface area contributed by atoms with Crippen LogP contribution in [0.2, 0.25) is 0 Å². The number of benzene rings is 1. The Morgan fingerprint density at radius 1 is 1.12 bits per heavy atom. The van der Waals surface area contributed by atoms with Crippen molar-refractivity contribution in [1.29, 1.82) is 0 Å². The summed E-state index contributed by atoms with van der Waals surface area (Å²) in [6.07, 6.45) is 2.05. The van der Waals surface area contributed by atoms with Gasteiger partial charge in [-0.15, -0.1) is 0 Å². The van der Waals surface area contributed by atoms with Gasteiger partial charge in [-0.05, 0) is 36.5 Å². The van der Waals surface area contributed by atoms with E-state index in [4.69, 9.17) is 4.74 Å². The first kappa shape index (κ1) is 14.9. The normalized spacial score (nSPS) is 18.2. The molecule has 0 bridgehead atoms. The van der Waals surface area contributed by atoms with E-state index in [0.717, 1.165) is 25.9 Å². The zero-order valence-corrected chi connectivity index (χ0v) is 13.4. The van der Waals surface area contributed by atoms with E-state index in [1.807, 2.05) is 4.90 Å². The van der Waals surface area contributed by atoms with Crippen molar-refractivity contribution in [3.05, 3.63) is 38.6 Å². The molecule has 0 aromatic heterocycles. The number of fused-ring (bicyclic) bond motifs is 1. The molecule has 2 heterocycles. The van der Waals surface area contributed by atoms with Gasteiger partial charge in [0.15, 0.2) is 6.61 Å². The molecule has 2 aliphatic rings. The highest BCUT2D eigenvalue weighted by Gasteiger charge is 2.29. The Labute approximate surface area is 138 Å². The predicted octanol–water partition coefficient (Wildman–Crippen LogP) is 1.52. The molecule has 0 unspecified atom stereocenters. The van der Waals surface area contributed by atoms with E-state index >= 15 is 0 Å². The first-order valence-corrected chi connectivity index (χ1v) is 8.20. The van der Waals surface area contributed by atoms with Gasteiger partial charge in [0, 0.05) is 13.1 Å². The Morgan fingerprint density at radius 3 is 2.62 bits per heavy atom. The number of nitrogens with one attached hydrogen (secondary N) is 1. The van der Waals surface area contributed by atoms with Gasteiger partial charge in [-0.1, -0.05) is 13.0 Å². The molecule has 2 aromatic carbocycles. The minimum absolute atomic E-state index is 0.0424. The van der Waals surface area contributed by atoms with E-state index in [0.29, 0.717) is 34.2 Å². The molecule has 1 fully saturated rings. The first-order chi connectivity index (χ1) is 11.5. The molecule has 0 atom stereocenters. The number of carbonyl (C=O) groups excluding carboxylic acids is 1. The summed E-state index contributed by atoms with van der Waals surface area (Å²) >= 11 is 0. The Morgan fingerprint density at radius 2 is 1.88 bits per heavy atom. The number of piperidine rings is 1. The van der Waals surface area contributed by atoms with E-state index in [2.05, 4.69) is 12.2 Å². The molecule has 4 rings (SSSR count). The molecule has 0 spiro atoms. The van der Waals surface area contributed by atoms with Crippen molar-refractivity contribution in [3.8, 4) is 16.9 Å². The SMILES string of the molecule is CC1CCN(c2c(-c3ccc4c(c3)OCC(=O)N4)c(=O)c2=O)CC1. The van der Waals surface area contributed by atoms with Gasteiger partial charge in [0.05, 0.1) is 11.3 Å². The summed E-state index contributed by atoms with van der Waals surface area (Å²) < 4.78 is 5.41. The van der Waals surface area contributed by atoms with Crippen LogP contribution in [0.1, 0.15) is 19.8 Å². The van der Waals surface area contributed by atoms with E-state index in [9.17, 15) is 14.4 Å². The Hall–Kier alpha value is -2.63. The predicted molar refractivity (Wildman–Crippen MR) is 91.5 cm³/mol. The number of hydrogen-bond acceptors (Lipinski definition) is 5. The third-order valence-corrected chi connectivity index (χ3v) is 4.89. The highest BCUT2D eigenvalue weighted by molar-refractivity contribution is 5.96. The van der Waals surface area contributed by atoms with Crippen LogP contribution in [-0.4, -0.2) is 25.6 Å². The lowest BCUT2D eigenvalue weighted by molar-refractivity contribution is -0.118. The number of hydrogen-bond donors (Lipinski definition) is 1. The number of nitrogens with zero attached hydrogens (tertiary/aromatic N) is 1. The van der Waals surface area contributed by atoms with Crippen molar-refractivity contribution in [2.24, 2.45) is 5.92 Å². The van der Waals surface area contributed by atoms with Gasteiger partial charge >= 0.3 is 0 Å². The summed E-state index contributed by atoms with van der Waals surface area (Å²) in [5, 5.41) is 2.72. The number of amides is 1. The van der Waals surface area contributed by atoms with Gasteiger partial charge in [-0.2, -0.15) is 0 Å². The lowest BCUT2D eigenvalue weighted by Gasteiger charge is -2.33. The van der Waals surface area contributed by atoms with Crippen LogP contribution in [0.15, 0.2) is 27.8 Å². The summed E-state index contributed by atoms with van der Waals surface area (Å²) in [5.41, 5.74) is 1.42. The monoisotopic (exact) mass is 326 g/mol. The summed E-state index contributed by atoms with van der Waals surface area (Å²) in [6.45, 7) is 3.77. The van der Waals surface area contributed by atoms with Crippen LogP contribution in [0.3, 0.4) is 0 Å². The van der Waals surface area contributed by atoms with Crippen LogP contribution < -0.4 is 25.8 Å². The second kappa shape index (κ2) is 5.47. The number of ether oxygens (including phenoxy) is 1. The molecule has 2 aliphatic heterocycles. The van der Waals surface area contributed by atoms with Crippen LogP contribution in [0, 0.1) is 5.92 Å². The Bertz CT molecular complexity index is 887. The van der Waals surface area contributed by atoms with Crippen molar-refractivity contribution < 1.29 is 9.53 Å². The number of anilines is 2. The highest BCUT2D eigenvalue weighted by Crippen LogP contribution is 2.35. The lowest BCUT2D eigenvalue weighted by Crippen LogP contribution is -2.45. The maximum absolute atomic E-state index is 12.2. The Balaban J connectivity index is 1.71. The fourth-order valence-electron chi connectivity index (χ4n) is 3.41. The van der Waals surface area contributed by atoms with Crippen molar-refractivity contribution in [2.45, 2.75) is 19.8 Å². The smallest absolute Gasteiger partial charge is 0.262 e. The first-order valence-electron chi connectivity index (χ1n) is 8.20. The van der Waals surface area contributed by atoms with Crippen molar-refractivity contribution in [2.75, 3.05) is 29.9 Å². The topological polar surface area (TPSA) is 75.7 Å². The highest BCUT2D eigenvalue weighted by atomic mass is 16.5. The van der Waals surface area contributed by atoms with Gasteiger partial charge in [0.25, 0.3) is 5.91 Å². The second-order valence-electron chi connectivity index (χ2n) is 6.60. The molecular formula is C18H18N2O4. The van der Waals surface area contributed by atoms with E-state index in [1.165, 1.54) is 0 Å². The largest absolute Gasteiger partial charge is 0.482 e.